The first-order chi connectivity index (χ1) is 14.2. The number of amides is 2. The number of carbonyl (C=O) groups excluding carboxylic acids is 2. The minimum absolute atomic E-state index is 0.00526. The van der Waals surface area contributed by atoms with Crippen molar-refractivity contribution in [3.63, 3.8) is 0 Å². The first-order valence-electron chi connectivity index (χ1n) is 10.4. The summed E-state index contributed by atoms with van der Waals surface area (Å²) >= 11 is 0. The number of hydrogen-bond donors (Lipinski definition) is 1. The predicted molar refractivity (Wildman–Crippen MR) is 118 cm³/mol. The predicted octanol–water partition coefficient (Wildman–Crippen LogP) is 2.93. The Labute approximate surface area is 178 Å². The van der Waals surface area contributed by atoms with E-state index < -0.39 is 0 Å². The van der Waals surface area contributed by atoms with Crippen LogP contribution in [0, 0.1) is 13.8 Å². The Morgan fingerprint density at radius 3 is 2.57 bits per heavy atom. The molecule has 0 spiro atoms. The average Bonchev–Trinajstić information content (AvgIpc) is 3.16. The van der Waals surface area contributed by atoms with Crippen molar-refractivity contribution in [3.05, 3.63) is 52.3 Å². The Bertz CT molecular complexity index is 955. The molecule has 1 aromatic heterocycles. The molecule has 0 bridgehead atoms. The number of nitrogens with one attached hydrogen (secondary N) is 1. The van der Waals surface area contributed by atoms with Crippen LogP contribution in [0.5, 0.6) is 0 Å². The molecular formula is C23H31N5O2. The second-order valence-corrected chi connectivity index (χ2v) is 8.55. The third kappa shape index (κ3) is 4.61. The number of likely N-dealkylation sites (tertiary alicyclic amines) is 1. The summed E-state index contributed by atoms with van der Waals surface area (Å²) in [6.07, 6.45) is 2.37. The number of rotatable bonds is 5. The molecule has 1 fully saturated rings. The van der Waals surface area contributed by atoms with Crippen molar-refractivity contribution in [2.45, 2.75) is 46.1 Å². The van der Waals surface area contributed by atoms with E-state index in [0.717, 1.165) is 23.1 Å². The summed E-state index contributed by atoms with van der Waals surface area (Å²) in [6, 6.07) is 5.92. The van der Waals surface area contributed by atoms with Crippen LogP contribution in [0.2, 0.25) is 0 Å². The van der Waals surface area contributed by atoms with E-state index in [4.69, 9.17) is 4.98 Å². The highest BCUT2D eigenvalue weighted by Gasteiger charge is 2.32. The van der Waals surface area contributed by atoms with E-state index in [1.165, 1.54) is 0 Å². The van der Waals surface area contributed by atoms with Crippen LogP contribution in [0.3, 0.4) is 0 Å². The van der Waals surface area contributed by atoms with Gasteiger partial charge in [-0.2, -0.15) is 0 Å². The van der Waals surface area contributed by atoms with Crippen LogP contribution in [0.25, 0.3) is 0 Å². The summed E-state index contributed by atoms with van der Waals surface area (Å²) in [7, 11) is 3.75. The fourth-order valence-electron chi connectivity index (χ4n) is 3.82. The molecule has 2 heterocycles. The van der Waals surface area contributed by atoms with E-state index in [0.29, 0.717) is 30.3 Å². The highest BCUT2D eigenvalue weighted by Crippen LogP contribution is 2.30. The number of anilines is 1. The summed E-state index contributed by atoms with van der Waals surface area (Å²) in [6.45, 7) is 9.02. The molecule has 1 unspecified atom stereocenters. The van der Waals surface area contributed by atoms with E-state index >= 15 is 0 Å². The summed E-state index contributed by atoms with van der Waals surface area (Å²) in [5, 5.41) is 2.93. The lowest BCUT2D eigenvalue weighted by Gasteiger charge is -2.20. The lowest BCUT2D eigenvalue weighted by molar-refractivity contribution is 0.0790. The van der Waals surface area contributed by atoms with Gasteiger partial charge < -0.3 is 15.1 Å². The van der Waals surface area contributed by atoms with Gasteiger partial charge in [-0.3, -0.25) is 9.59 Å². The van der Waals surface area contributed by atoms with Gasteiger partial charge in [0.2, 0.25) is 5.95 Å². The fraction of sp³-hybridized carbons (Fsp3) is 0.478. The molecule has 0 radical (unpaired) electrons. The molecule has 7 heteroatoms. The zero-order chi connectivity index (χ0) is 22.0. The molecule has 1 N–H and O–H groups in total. The van der Waals surface area contributed by atoms with E-state index in [2.05, 4.69) is 10.3 Å². The zero-order valence-corrected chi connectivity index (χ0v) is 18.7. The third-order valence-electron chi connectivity index (χ3n) is 5.34. The Morgan fingerprint density at radius 2 is 1.93 bits per heavy atom. The molecular weight excluding hydrogens is 378 g/mol. The Morgan fingerprint density at radius 1 is 1.20 bits per heavy atom. The van der Waals surface area contributed by atoms with E-state index in [-0.39, 0.29) is 23.8 Å². The minimum atomic E-state index is -0.176. The topological polar surface area (TPSA) is 78.4 Å². The van der Waals surface area contributed by atoms with Gasteiger partial charge in [0, 0.05) is 50.9 Å². The molecule has 1 saturated heterocycles. The van der Waals surface area contributed by atoms with Crippen LogP contribution in [0.15, 0.2) is 24.4 Å². The van der Waals surface area contributed by atoms with Gasteiger partial charge in [-0.1, -0.05) is 17.7 Å². The number of hydrogen-bond acceptors (Lipinski definition) is 5. The van der Waals surface area contributed by atoms with E-state index in [1.807, 2.05) is 69.8 Å². The molecule has 30 heavy (non-hydrogen) atoms. The van der Waals surface area contributed by atoms with Gasteiger partial charge in [0.25, 0.3) is 11.8 Å². The lowest BCUT2D eigenvalue weighted by atomic mass is 9.99. The fourth-order valence-corrected chi connectivity index (χ4v) is 3.82. The van der Waals surface area contributed by atoms with Crippen molar-refractivity contribution < 1.29 is 9.59 Å². The Hall–Kier alpha value is -2.96. The summed E-state index contributed by atoms with van der Waals surface area (Å²) in [4.78, 5) is 38.6. The standard InChI is InChI=1S/C23H31N5O2/c1-14(2)25-21(29)19-12-24-23(27(5)6)26-20(19)17-9-10-28(13-17)22(30)18-8-7-15(3)11-16(18)4/h7-8,11-12,14,17H,9-10,13H2,1-6H3,(H,25,29). The highest BCUT2D eigenvalue weighted by atomic mass is 16.2. The molecule has 0 aliphatic carbocycles. The SMILES string of the molecule is Cc1ccc(C(=O)N2CCC(c3nc(N(C)C)ncc3C(=O)NC(C)C)C2)c(C)c1. The normalized spacial score (nSPS) is 16.1. The Kier molecular flexibility index (Phi) is 6.39. The third-order valence-corrected chi connectivity index (χ3v) is 5.34. The molecule has 1 aliphatic heterocycles. The van der Waals surface area contributed by atoms with Crippen LogP contribution in [-0.2, 0) is 0 Å². The molecule has 160 valence electrons. The maximum absolute atomic E-state index is 13.1. The average molecular weight is 410 g/mol. The first-order valence-corrected chi connectivity index (χ1v) is 10.4. The molecule has 0 saturated carbocycles. The van der Waals surface area contributed by atoms with E-state index in [9.17, 15) is 9.59 Å². The summed E-state index contributed by atoms with van der Waals surface area (Å²) in [5.41, 5.74) is 4.05. The molecule has 7 nitrogen and oxygen atoms in total. The van der Waals surface area contributed by atoms with E-state index in [1.54, 1.807) is 6.20 Å². The van der Waals surface area contributed by atoms with Crippen LogP contribution < -0.4 is 10.2 Å². The first kappa shape index (κ1) is 21.7. The second-order valence-electron chi connectivity index (χ2n) is 8.55. The maximum atomic E-state index is 13.1. The van der Waals surface area contributed by atoms with Gasteiger partial charge in [-0.25, -0.2) is 9.97 Å². The smallest absolute Gasteiger partial charge is 0.254 e. The van der Waals surface area contributed by atoms with Crippen molar-refractivity contribution in [3.8, 4) is 0 Å². The van der Waals surface area contributed by atoms with Crippen molar-refractivity contribution in [2.75, 3.05) is 32.1 Å². The quantitative estimate of drug-likeness (QED) is 0.822. The molecule has 1 aromatic carbocycles. The van der Waals surface area contributed by atoms with Crippen molar-refractivity contribution in [2.24, 2.45) is 0 Å². The van der Waals surface area contributed by atoms with Crippen molar-refractivity contribution in [1.29, 1.82) is 0 Å². The van der Waals surface area contributed by atoms with Gasteiger partial charge >= 0.3 is 0 Å². The van der Waals surface area contributed by atoms with Gasteiger partial charge in [0.15, 0.2) is 0 Å². The van der Waals surface area contributed by atoms with Gasteiger partial charge in [-0.05, 0) is 45.7 Å². The number of carbonyl (C=O) groups is 2. The largest absolute Gasteiger partial charge is 0.350 e. The van der Waals surface area contributed by atoms with Crippen LogP contribution in [0.1, 0.15) is 63.7 Å². The van der Waals surface area contributed by atoms with Gasteiger partial charge in [0.05, 0.1) is 11.3 Å². The number of nitrogens with zero attached hydrogens (tertiary/aromatic N) is 4. The van der Waals surface area contributed by atoms with Gasteiger partial charge in [-0.15, -0.1) is 0 Å². The van der Waals surface area contributed by atoms with Gasteiger partial charge in [0.1, 0.15) is 0 Å². The molecule has 1 aliphatic rings. The second kappa shape index (κ2) is 8.81. The zero-order valence-electron chi connectivity index (χ0n) is 18.7. The lowest BCUT2D eigenvalue weighted by Crippen LogP contribution is -2.32. The summed E-state index contributed by atoms with van der Waals surface area (Å²) in [5.74, 6) is 0.411. The molecule has 2 amide bonds. The number of aromatic nitrogens is 2. The Balaban J connectivity index is 1.87. The maximum Gasteiger partial charge on any atom is 0.254 e. The molecule has 2 aromatic rings. The summed E-state index contributed by atoms with van der Waals surface area (Å²) < 4.78 is 0. The molecule has 3 rings (SSSR count). The minimum Gasteiger partial charge on any atom is -0.350 e. The monoisotopic (exact) mass is 409 g/mol. The number of benzene rings is 1. The van der Waals surface area contributed by atoms with Crippen LogP contribution in [0.4, 0.5) is 5.95 Å². The number of aryl methyl sites for hydroxylation is 2. The van der Waals surface area contributed by atoms with Crippen LogP contribution >= 0.6 is 0 Å². The highest BCUT2D eigenvalue weighted by molar-refractivity contribution is 5.97. The van der Waals surface area contributed by atoms with Crippen molar-refractivity contribution in [1.82, 2.24) is 20.2 Å². The molecule has 1 atom stereocenters. The van der Waals surface area contributed by atoms with Crippen molar-refractivity contribution >= 4 is 17.8 Å². The van der Waals surface area contributed by atoms with Crippen LogP contribution in [-0.4, -0.2) is 59.9 Å².